The van der Waals surface area contributed by atoms with Crippen LogP contribution in [0.5, 0.6) is 0 Å². The van der Waals surface area contributed by atoms with Crippen molar-refractivity contribution in [1.82, 2.24) is 14.7 Å². The molecule has 2 atom stereocenters. The Bertz CT molecular complexity index is 344. The number of hydrogen-bond donors (Lipinski definition) is 1. The fraction of sp³-hybridized carbons (Fsp3) is 0.800. The Morgan fingerprint density at radius 1 is 1.26 bits per heavy atom. The number of hydrogen-bond acceptors (Lipinski definition) is 3. The Hall–Kier alpha value is -1.03. The lowest BCUT2D eigenvalue weighted by Gasteiger charge is -2.20. The van der Waals surface area contributed by atoms with Crippen LogP contribution in [-0.2, 0) is 6.54 Å². The highest BCUT2D eigenvalue weighted by atomic mass is 15.3. The minimum absolute atomic E-state index is 0.491. The third-order valence-electron chi connectivity index (χ3n) is 4.06. The van der Waals surface area contributed by atoms with E-state index >= 15 is 0 Å². The summed E-state index contributed by atoms with van der Waals surface area (Å²) < 4.78 is 2.03. The Morgan fingerprint density at radius 2 is 1.95 bits per heavy atom. The standard InChI is InChI=1S/C15H30N4/c1-6-13(4)14(5)17-15-11-16-19(12-15)10-9-18(7-2)8-3/h11-14,17H,6-10H2,1-5H3. The van der Waals surface area contributed by atoms with E-state index in [0.29, 0.717) is 12.0 Å². The van der Waals surface area contributed by atoms with E-state index in [9.17, 15) is 0 Å². The van der Waals surface area contributed by atoms with Crippen molar-refractivity contribution in [2.45, 2.75) is 53.6 Å². The minimum atomic E-state index is 0.491. The van der Waals surface area contributed by atoms with Crippen LogP contribution < -0.4 is 5.32 Å². The molecule has 1 aromatic heterocycles. The molecule has 1 rings (SSSR count). The van der Waals surface area contributed by atoms with Crippen LogP contribution in [0, 0.1) is 5.92 Å². The summed E-state index contributed by atoms with van der Waals surface area (Å²) in [6.45, 7) is 15.4. The van der Waals surface area contributed by atoms with Gasteiger partial charge in [0.15, 0.2) is 0 Å². The molecule has 0 amide bonds. The summed E-state index contributed by atoms with van der Waals surface area (Å²) in [4.78, 5) is 2.41. The molecule has 0 aliphatic carbocycles. The van der Waals surface area contributed by atoms with Crippen LogP contribution in [0.25, 0.3) is 0 Å². The van der Waals surface area contributed by atoms with Crippen LogP contribution in [0.2, 0.25) is 0 Å². The van der Waals surface area contributed by atoms with Crippen molar-refractivity contribution in [3.05, 3.63) is 12.4 Å². The molecule has 4 nitrogen and oxygen atoms in total. The fourth-order valence-corrected chi connectivity index (χ4v) is 2.10. The first-order valence-electron chi connectivity index (χ1n) is 7.61. The van der Waals surface area contributed by atoms with Gasteiger partial charge in [-0.15, -0.1) is 0 Å². The third kappa shape index (κ3) is 5.23. The maximum atomic E-state index is 4.42. The van der Waals surface area contributed by atoms with Crippen molar-refractivity contribution in [1.29, 1.82) is 0 Å². The Labute approximate surface area is 118 Å². The molecule has 0 saturated heterocycles. The second-order valence-electron chi connectivity index (χ2n) is 5.34. The van der Waals surface area contributed by atoms with Gasteiger partial charge < -0.3 is 10.2 Å². The first kappa shape index (κ1) is 16.0. The average molecular weight is 266 g/mol. The molecule has 0 aromatic carbocycles. The first-order valence-corrected chi connectivity index (χ1v) is 7.61. The summed E-state index contributed by atoms with van der Waals surface area (Å²) in [5.41, 5.74) is 1.13. The summed E-state index contributed by atoms with van der Waals surface area (Å²) in [5.74, 6) is 0.680. The molecule has 0 aliphatic heterocycles. The van der Waals surface area contributed by atoms with E-state index in [1.807, 2.05) is 10.9 Å². The number of anilines is 1. The lowest BCUT2D eigenvalue weighted by atomic mass is 10.0. The van der Waals surface area contributed by atoms with E-state index in [2.05, 4.69) is 56.1 Å². The Balaban J connectivity index is 2.44. The van der Waals surface area contributed by atoms with E-state index in [-0.39, 0.29) is 0 Å². The highest BCUT2D eigenvalue weighted by Gasteiger charge is 2.10. The van der Waals surface area contributed by atoms with Crippen LogP contribution in [0.4, 0.5) is 5.69 Å². The molecule has 0 aliphatic rings. The molecule has 1 heterocycles. The molecule has 0 saturated carbocycles. The first-order chi connectivity index (χ1) is 9.10. The summed E-state index contributed by atoms with van der Waals surface area (Å²) in [6, 6.07) is 0.491. The normalized spacial score (nSPS) is 14.6. The van der Waals surface area contributed by atoms with Crippen molar-refractivity contribution in [3.63, 3.8) is 0 Å². The van der Waals surface area contributed by atoms with E-state index in [1.165, 1.54) is 6.42 Å². The topological polar surface area (TPSA) is 33.1 Å². The van der Waals surface area contributed by atoms with Gasteiger partial charge in [-0.25, -0.2) is 0 Å². The molecule has 0 spiro atoms. The van der Waals surface area contributed by atoms with Gasteiger partial charge in [-0.2, -0.15) is 5.10 Å². The van der Waals surface area contributed by atoms with Crippen molar-refractivity contribution in [2.24, 2.45) is 5.92 Å². The minimum Gasteiger partial charge on any atom is -0.380 e. The van der Waals surface area contributed by atoms with Gasteiger partial charge in [-0.3, -0.25) is 4.68 Å². The van der Waals surface area contributed by atoms with Crippen molar-refractivity contribution in [3.8, 4) is 0 Å². The Kier molecular flexibility index (Phi) is 6.92. The molecule has 4 heteroatoms. The molecule has 1 aromatic rings. The van der Waals surface area contributed by atoms with Gasteiger partial charge in [0.05, 0.1) is 18.4 Å². The number of nitrogens with zero attached hydrogens (tertiary/aromatic N) is 3. The highest BCUT2D eigenvalue weighted by molar-refractivity contribution is 5.39. The second-order valence-corrected chi connectivity index (χ2v) is 5.34. The van der Waals surface area contributed by atoms with Crippen molar-refractivity contribution in [2.75, 3.05) is 25.0 Å². The van der Waals surface area contributed by atoms with Gasteiger partial charge >= 0.3 is 0 Å². The van der Waals surface area contributed by atoms with Gasteiger partial charge in [0.25, 0.3) is 0 Å². The van der Waals surface area contributed by atoms with Crippen LogP contribution >= 0.6 is 0 Å². The van der Waals surface area contributed by atoms with Crippen LogP contribution in [0.1, 0.15) is 41.0 Å². The van der Waals surface area contributed by atoms with Gasteiger partial charge in [0.2, 0.25) is 0 Å². The number of nitrogens with one attached hydrogen (secondary N) is 1. The summed E-state index contributed by atoms with van der Waals surface area (Å²) in [6.07, 6.45) is 5.24. The maximum absolute atomic E-state index is 4.42. The van der Waals surface area contributed by atoms with Crippen LogP contribution in [0.15, 0.2) is 12.4 Å². The lowest BCUT2D eigenvalue weighted by Crippen LogP contribution is -2.27. The van der Waals surface area contributed by atoms with E-state index in [0.717, 1.165) is 31.9 Å². The summed E-state index contributed by atoms with van der Waals surface area (Å²) >= 11 is 0. The predicted octanol–water partition coefficient (Wildman–Crippen LogP) is 3.07. The SMILES string of the molecule is CCC(C)C(C)Nc1cnn(CCN(CC)CC)c1. The second kappa shape index (κ2) is 8.20. The van der Waals surface area contributed by atoms with Gasteiger partial charge in [0.1, 0.15) is 0 Å². The zero-order valence-corrected chi connectivity index (χ0v) is 13.2. The molecule has 0 radical (unpaired) electrons. The average Bonchev–Trinajstić information content (AvgIpc) is 2.86. The van der Waals surface area contributed by atoms with E-state index < -0.39 is 0 Å². The summed E-state index contributed by atoms with van der Waals surface area (Å²) in [7, 11) is 0. The maximum Gasteiger partial charge on any atom is 0.0728 e. The predicted molar refractivity (Wildman–Crippen MR) is 82.6 cm³/mol. The quantitative estimate of drug-likeness (QED) is 0.745. The zero-order chi connectivity index (χ0) is 14.3. The fourth-order valence-electron chi connectivity index (χ4n) is 2.10. The summed E-state index contributed by atoms with van der Waals surface area (Å²) in [5, 5.41) is 7.95. The van der Waals surface area contributed by atoms with E-state index in [4.69, 9.17) is 0 Å². The van der Waals surface area contributed by atoms with Gasteiger partial charge in [-0.1, -0.05) is 34.1 Å². The number of aromatic nitrogens is 2. The molecule has 2 unspecified atom stereocenters. The lowest BCUT2D eigenvalue weighted by molar-refractivity contribution is 0.285. The molecular formula is C15H30N4. The molecule has 19 heavy (non-hydrogen) atoms. The molecule has 110 valence electrons. The molecule has 0 fully saturated rings. The van der Waals surface area contributed by atoms with Crippen molar-refractivity contribution >= 4 is 5.69 Å². The molecule has 1 N–H and O–H groups in total. The van der Waals surface area contributed by atoms with Crippen LogP contribution in [-0.4, -0.2) is 40.4 Å². The monoisotopic (exact) mass is 266 g/mol. The van der Waals surface area contributed by atoms with Gasteiger partial charge in [-0.05, 0) is 25.9 Å². The number of likely N-dealkylation sites (N-methyl/N-ethyl adjacent to an activating group) is 1. The number of rotatable bonds is 9. The van der Waals surface area contributed by atoms with Crippen molar-refractivity contribution < 1.29 is 0 Å². The van der Waals surface area contributed by atoms with Crippen LogP contribution in [0.3, 0.4) is 0 Å². The zero-order valence-electron chi connectivity index (χ0n) is 13.2. The van der Waals surface area contributed by atoms with E-state index in [1.54, 1.807) is 0 Å². The smallest absolute Gasteiger partial charge is 0.0728 e. The van der Waals surface area contributed by atoms with Gasteiger partial charge in [0, 0.05) is 18.8 Å². The molecule has 0 bridgehead atoms. The largest absolute Gasteiger partial charge is 0.380 e. The third-order valence-corrected chi connectivity index (χ3v) is 4.06. The molecular weight excluding hydrogens is 236 g/mol. The Morgan fingerprint density at radius 3 is 2.53 bits per heavy atom. The highest BCUT2D eigenvalue weighted by Crippen LogP contribution is 2.14.